The lowest BCUT2D eigenvalue weighted by Crippen LogP contribution is -2.45. The quantitative estimate of drug-likeness (QED) is 0.634. The average molecular weight is 369 g/mol. The van der Waals surface area contributed by atoms with Crippen LogP contribution in [0.4, 0.5) is 0 Å². The maximum Gasteiger partial charge on any atom is 0.338 e. The molecule has 1 aliphatic rings. The van der Waals surface area contributed by atoms with Crippen molar-refractivity contribution in [3.63, 3.8) is 0 Å². The van der Waals surface area contributed by atoms with Crippen LogP contribution >= 0.6 is 28.1 Å². The second-order valence-corrected chi connectivity index (χ2v) is 6.06. The van der Waals surface area contributed by atoms with E-state index in [0.717, 1.165) is 21.3 Å². The van der Waals surface area contributed by atoms with Gasteiger partial charge in [-0.1, -0.05) is 28.1 Å². The molecule has 112 valence electrons. The van der Waals surface area contributed by atoms with Crippen LogP contribution < -0.4 is 10.6 Å². The first-order valence-electron chi connectivity index (χ1n) is 6.65. The van der Waals surface area contributed by atoms with Crippen LogP contribution in [0.3, 0.4) is 0 Å². The first-order chi connectivity index (χ1) is 9.93. The molecule has 1 atom stereocenters. The summed E-state index contributed by atoms with van der Waals surface area (Å²) in [5.74, 6) is -0.334. The third-order valence-electron chi connectivity index (χ3n) is 3.29. The van der Waals surface area contributed by atoms with Crippen LogP contribution in [0.25, 0.3) is 0 Å². The molecule has 0 radical (unpaired) electrons. The monoisotopic (exact) mass is 368 g/mol. The lowest BCUT2D eigenvalue weighted by molar-refractivity contribution is -0.139. The molecular weight excluding hydrogens is 352 g/mol. The van der Waals surface area contributed by atoms with Crippen molar-refractivity contribution in [3.05, 3.63) is 45.1 Å². The molecule has 1 aliphatic heterocycles. The Bertz CT molecular complexity index is 628. The van der Waals surface area contributed by atoms with Gasteiger partial charge in [0.25, 0.3) is 0 Å². The number of allylic oxidation sites excluding steroid dienone is 1. The summed E-state index contributed by atoms with van der Waals surface area (Å²) >= 11 is 8.72. The minimum absolute atomic E-state index is 0.310. The van der Waals surface area contributed by atoms with Crippen LogP contribution in [0.5, 0.6) is 0 Å². The van der Waals surface area contributed by atoms with Gasteiger partial charge in [-0.05, 0) is 50.2 Å². The standard InChI is InChI=1S/C15H17BrN2O2S/c1-4-20-14(19)12-9(3)17-15(21)18-13(12)10-6-5-8(2)11(16)7-10/h5-7,13H,4H2,1-3H3,(H2,17,18,21)/t13-/m1/s1. The summed E-state index contributed by atoms with van der Waals surface area (Å²) in [4.78, 5) is 12.2. The number of aryl methyl sites for hydroxylation is 1. The smallest absolute Gasteiger partial charge is 0.338 e. The zero-order chi connectivity index (χ0) is 15.6. The Balaban J connectivity index is 2.46. The summed E-state index contributed by atoms with van der Waals surface area (Å²) in [6.45, 7) is 5.97. The number of rotatable bonds is 3. The number of halogens is 1. The molecule has 0 unspecified atom stereocenters. The summed E-state index contributed by atoms with van der Waals surface area (Å²) in [7, 11) is 0. The van der Waals surface area contributed by atoms with Gasteiger partial charge in [-0.2, -0.15) is 0 Å². The lowest BCUT2D eigenvalue weighted by atomic mass is 9.95. The fraction of sp³-hybridized carbons (Fsp3) is 0.333. The number of thiocarbonyl (C=S) groups is 1. The van der Waals surface area contributed by atoms with Crippen LogP contribution in [0.1, 0.15) is 31.0 Å². The largest absolute Gasteiger partial charge is 0.463 e. The average Bonchev–Trinajstić information content (AvgIpc) is 2.41. The third-order valence-corrected chi connectivity index (χ3v) is 4.37. The molecule has 0 spiro atoms. The maximum absolute atomic E-state index is 12.2. The van der Waals surface area contributed by atoms with E-state index in [-0.39, 0.29) is 12.0 Å². The van der Waals surface area contributed by atoms with E-state index in [1.807, 2.05) is 32.0 Å². The highest BCUT2D eigenvalue weighted by Gasteiger charge is 2.30. The van der Waals surface area contributed by atoms with Crippen LogP contribution in [-0.4, -0.2) is 17.7 Å². The van der Waals surface area contributed by atoms with Crippen LogP contribution in [0.2, 0.25) is 0 Å². The van der Waals surface area contributed by atoms with Gasteiger partial charge in [0.2, 0.25) is 0 Å². The molecule has 0 saturated heterocycles. The number of carbonyl (C=O) groups is 1. The Morgan fingerprint density at radius 2 is 2.14 bits per heavy atom. The molecule has 0 amide bonds. The fourth-order valence-corrected chi connectivity index (χ4v) is 2.88. The minimum atomic E-state index is -0.334. The van der Waals surface area contributed by atoms with Crippen molar-refractivity contribution in [2.45, 2.75) is 26.8 Å². The van der Waals surface area contributed by atoms with E-state index < -0.39 is 0 Å². The maximum atomic E-state index is 12.2. The number of carbonyl (C=O) groups excluding carboxylic acids is 1. The highest BCUT2D eigenvalue weighted by Crippen LogP contribution is 2.30. The molecule has 0 fully saturated rings. The van der Waals surface area contributed by atoms with Gasteiger partial charge in [0, 0.05) is 10.2 Å². The summed E-state index contributed by atoms with van der Waals surface area (Å²) in [6.07, 6.45) is 0. The van der Waals surface area contributed by atoms with Gasteiger partial charge >= 0.3 is 5.97 Å². The van der Waals surface area contributed by atoms with Crippen LogP contribution in [0, 0.1) is 6.92 Å². The summed E-state index contributed by atoms with van der Waals surface area (Å²) in [6, 6.07) is 5.67. The topological polar surface area (TPSA) is 50.4 Å². The number of esters is 1. The van der Waals surface area contributed by atoms with Gasteiger partial charge in [-0.15, -0.1) is 0 Å². The van der Waals surface area contributed by atoms with Gasteiger partial charge < -0.3 is 15.4 Å². The normalized spacial score (nSPS) is 18.1. The zero-order valence-corrected chi connectivity index (χ0v) is 14.5. The summed E-state index contributed by atoms with van der Waals surface area (Å²) in [5, 5.41) is 6.62. The van der Waals surface area contributed by atoms with Crippen molar-refractivity contribution in [1.82, 2.24) is 10.6 Å². The Morgan fingerprint density at radius 3 is 2.76 bits per heavy atom. The molecule has 6 heteroatoms. The second-order valence-electron chi connectivity index (χ2n) is 4.80. The first kappa shape index (κ1) is 16.0. The van der Waals surface area contributed by atoms with E-state index in [0.29, 0.717) is 17.3 Å². The summed E-state index contributed by atoms with van der Waals surface area (Å²) < 4.78 is 6.15. The molecule has 1 aromatic carbocycles. The summed E-state index contributed by atoms with van der Waals surface area (Å²) in [5.41, 5.74) is 3.37. The van der Waals surface area contributed by atoms with Gasteiger partial charge in [-0.25, -0.2) is 4.79 Å². The van der Waals surface area contributed by atoms with Crippen molar-refractivity contribution in [1.29, 1.82) is 0 Å². The van der Waals surface area contributed by atoms with Gasteiger partial charge in [0.15, 0.2) is 5.11 Å². The van der Waals surface area contributed by atoms with Gasteiger partial charge in [0.05, 0.1) is 18.2 Å². The molecule has 2 rings (SSSR count). The van der Waals surface area contributed by atoms with Crippen molar-refractivity contribution < 1.29 is 9.53 Å². The zero-order valence-electron chi connectivity index (χ0n) is 12.1. The van der Waals surface area contributed by atoms with Gasteiger partial charge in [0.1, 0.15) is 0 Å². The Morgan fingerprint density at radius 1 is 1.43 bits per heavy atom. The number of ether oxygens (including phenoxy) is 1. The van der Waals surface area contributed by atoms with E-state index in [1.54, 1.807) is 6.92 Å². The Labute approximate surface area is 138 Å². The molecule has 0 aliphatic carbocycles. The Kier molecular flexibility index (Phi) is 5.00. The van der Waals surface area contributed by atoms with Crippen molar-refractivity contribution in [2.24, 2.45) is 0 Å². The van der Waals surface area contributed by atoms with E-state index in [2.05, 4.69) is 26.6 Å². The molecular formula is C15H17BrN2O2S. The molecule has 2 N–H and O–H groups in total. The second kappa shape index (κ2) is 6.58. The SMILES string of the molecule is CCOC(=O)C1=C(C)NC(=S)N[C@@H]1c1ccc(C)c(Br)c1. The Hall–Kier alpha value is -1.40. The fourth-order valence-electron chi connectivity index (χ4n) is 2.21. The molecule has 0 bridgehead atoms. The first-order valence-corrected chi connectivity index (χ1v) is 7.85. The van der Waals surface area contributed by atoms with E-state index in [4.69, 9.17) is 17.0 Å². The van der Waals surface area contributed by atoms with Crippen LogP contribution in [0.15, 0.2) is 33.9 Å². The third kappa shape index (κ3) is 3.44. The van der Waals surface area contributed by atoms with Gasteiger partial charge in [-0.3, -0.25) is 0 Å². The predicted molar refractivity (Wildman–Crippen MR) is 89.8 cm³/mol. The van der Waals surface area contributed by atoms with Crippen molar-refractivity contribution >= 4 is 39.2 Å². The van der Waals surface area contributed by atoms with E-state index in [9.17, 15) is 4.79 Å². The number of nitrogens with one attached hydrogen (secondary N) is 2. The van der Waals surface area contributed by atoms with Crippen molar-refractivity contribution in [3.8, 4) is 0 Å². The molecule has 4 nitrogen and oxygen atoms in total. The lowest BCUT2D eigenvalue weighted by Gasteiger charge is -2.30. The van der Waals surface area contributed by atoms with Crippen LogP contribution in [-0.2, 0) is 9.53 Å². The molecule has 1 heterocycles. The molecule has 21 heavy (non-hydrogen) atoms. The number of benzene rings is 1. The molecule has 1 aromatic rings. The highest BCUT2D eigenvalue weighted by atomic mass is 79.9. The van der Waals surface area contributed by atoms with E-state index >= 15 is 0 Å². The predicted octanol–water partition coefficient (Wildman–Crippen LogP) is 3.11. The molecule has 0 aromatic heterocycles. The van der Waals surface area contributed by atoms with E-state index in [1.165, 1.54) is 0 Å². The number of hydrogen-bond acceptors (Lipinski definition) is 3. The molecule has 0 saturated carbocycles. The minimum Gasteiger partial charge on any atom is -0.463 e. The van der Waals surface area contributed by atoms with Crippen molar-refractivity contribution in [2.75, 3.05) is 6.61 Å². The highest BCUT2D eigenvalue weighted by molar-refractivity contribution is 9.10. The number of hydrogen-bond donors (Lipinski definition) is 2.